The van der Waals surface area contributed by atoms with Crippen LogP contribution in [-0.4, -0.2) is 30.7 Å². The minimum atomic E-state index is -0.294. The molecule has 1 fully saturated rings. The topological polar surface area (TPSA) is 60.5 Å². The van der Waals surface area contributed by atoms with Gasteiger partial charge in [0.15, 0.2) is 0 Å². The van der Waals surface area contributed by atoms with E-state index in [9.17, 15) is 4.79 Å². The van der Waals surface area contributed by atoms with E-state index < -0.39 is 0 Å². The summed E-state index contributed by atoms with van der Waals surface area (Å²) in [4.78, 5) is 15.8. The first-order valence-electron chi connectivity index (χ1n) is 5.68. The zero-order valence-electron chi connectivity index (χ0n) is 9.81. The Labute approximate surface area is 100 Å². The summed E-state index contributed by atoms with van der Waals surface area (Å²) in [6.07, 6.45) is 3.12. The number of carbonyl (C=O) groups is 1. The summed E-state index contributed by atoms with van der Waals surface area (Å²) < 4.78 is 10.4. The van der Waals surface area contributed by atoms with Crippen molar-refractivity contribution in [2.45, 2.75) is 25.5 Å². The second-order valence-corrected chi connectivity index (χ2v) is 3.89. The van der Waals surface area contributed by atoms with Gasteiger partial charge < -0.3 is 14.8 Å². The molecule has 0 spiro atoms. The van der Waals surface area contributed by atoms with Crippen LogP contribution in [0.3, 0.4) is 0 Å². The molecule has 0 saturated carbocycles. The maximum Gasteiger partial charge on any atom is 0.249 e. The van der Waals surface area contributed by atoms with Crippen LogP contribution in [0.1, 0.15) is 18.4 Å². The third-order valence-electron chi connectivity index (χ3n) is 2.72. The fraction of sp³-hybridized carbons (Fsp3) is 0.500. The Kier molecular flexibility index (Phi) is 3.93. The van der Waals surface area contributed by atoms with Gasteiger partial charge in [0.25, 0.3) is 0 Å². The Bertz CT molecular complexity index is 389. The summed E-state index contributed by atoms with van der Waals surface area (Å²) >= 11 is 0. The van der Waals surface area contributed by atoms with Crippen LogP contribution in [0.2, 0.25) is 0 Å². The number of pyridine rings is 1. The van der Waals surface area contributed by atoms with Crippen molar-refractivity contribution < 1.29 is 14.3 Å². The van der Waals surface area contributed by atoms with E-state index in [0.717, 1.165) is 18.4 Å². The van der Waals surface area contributed by atoms with Crippen molar-refractivity contribution in [3.8, 4) is 5.88 Å². The summed E-state index contributed by atoms with van der Waals surface area (Å²) in [5, 5.41) is 2.83. The van der Waals surface area contributed by atoms with E-state index in [1.165, 1.54) is 0 Å². The summed E-state index contributed by atoms with van der Waals surface area (Å²) in [6, 6.07) is 3.69. The molecule has 5 heteroatoms. The monoisotopic (exact) mass is 236 g/mol. The van der Waals surface area contributed by atoms with Crippen molar-refractivity contribution in [1.82, 2.24) is 10.3 Å². The van der Waals surface area contributed by atoms with Gasteiger partial charge in [0, 0.05) is 24.9 Å². The molecule has 1 amide bonds. The summed E-state index contributed by atoms with van der Waals surface area (Å²) in [7, 11) is 1.56. The Morgan fingerprint density at radius 1 is 1.71 bits per heavy atom. The fourth-order valence-electron chi connectivity index (χ4n) is 1.82. The predicted molar refractivity (Wildman–Crippen MR) is 61.6 cm³/mol. The van der Waals surface area contributed by atoms with Crippen molar-refractivity contribution in [3.63, 3.8) is 0 Å². The number of rotatable bonds is 4. The van der Waals surface area contributed by atoms with Gasteiger partial charge in [0.05, 0.1) is 7.11 Å². The Morgan fingerprint density at radius 2 is 2.59 bits per heavy atom. The quantitative estimate of drug-likeness (QED) is 0.843. The lowest BCUT2D eigenvalue weighted by Crippen LogP contribution is -2.33. The molecule has 1 aromatic rings. The molecular weight excluding hydrogens is 220 g/mol. The SMILES string of the molecule is COc1ncccc1CNC(=O)[C@H]1CCCO1. The molecule has 1 atom stereocenters. The first-order chi connectivity index (χ1) is 8.31. The fourth-order valence-corrected chi connectivity index (χ4v) is 1.82. The predicted octanol–water partition coefficient (Wildman–Crippen LogP) is 0.885. The van der Waals surface area contributed by atoms with Crippen LogP contribution in [0.15, 0.2) is 18.3 Å². The maximum atomic E-state index is 11.7. The van der Waals surface area contributed by atoms with Gasteiger partial charge in [0.2, 0.25) is 11.8 Å². The number of carbonyl (C=O) groups excluding carboxylic acids is 1. The number of methoxy groups -OCH3 is 1. The average molecular weight is 236 g/mol. The molecule has 2 rings (SSSR count). The van der Waals surface area contributed by atoms with Crippen molar-refractivity contribution in [3.05, 3.63) is 23.9 Å². The Balaban J connectivity index is 1.90. The molecule has 0 unspecified atom stereocenters. The van der Waals surface area contributed by atoms with Crippen molar-refractivity contribution in [2.75, 3.05) is 13.7 Å². The zero-order valence-corrected chi connectivity index (χ0v) is 9.81. The van der Waals surface area contributed by atoms with Crippen LogP contribution in [0.4, 0.5) is 0 Å². The standard InChI is InChI=1S/C12H16N2O3/c1-16-12-9(4-2-6-13-12)8-14-11(15)10-5-3-7-17-10/h2,4,6,10H,3,5,7-8H2,1H3,(H,14,15)/t10-/m1/s1. The average Bonchev–Trinajstić information content (AvgIpc) is 2.90. The number of hydrogen-bond donors (Lipinski definition) is 1. The van der Waals surface area contributed by atoms with Crippen molar-refractivity contribution in [2.24, 2.45) is 0 Å². The van der Waals surface area contributed by atoms with Crippen LogP contribution in [-0.2, 0) is 16.1 Å². The van der Waals surface area contributed by atoms with Gasteiger partial charge in [-0.3, -0.25) is 4.79 Å². The van der Waals surface area contributed by atoms with E-state index in [1.54, 1.807) is 13.3 Å². The molecular formula is C12H16N2O3. The van der Waals surface area contributed by atoms with Gasteiger partial charge in [-0.15, -0.1) is 0 Å². The molecule has 5 nitrogen and oxygen atoms in total. The number of nitrogens with zero attached hydrogens (tertiary/aromatic N) is 1. The number of nitrogens with one attached hydrogen (secondary N) is 1. The first kappa shape index (κ1) is 11.9. The van der Waals surface area contributed by atoms with Gasteiger partial charge in [0.1, 0.15) is 6.10 Å². The second kappa shape index (κ2) is 5.63. The van der Waals surface area contributed by atoms with Crippen LogP contribution >= 0.6 is 0 Å². The summed E-state index contributed by atoms with van der Waals surface area (Å²) in [6.45, 7) is 1.09. The van der Waals surface area contributed by atoms with E-state index in [0.29, 0.717) is 19.0 Å². The minimum Gasteiger partial charge on any atom is -0.481 e. The third kappa shape index (κ3) is 2.94. The highest BCUT2D eigenvalue weighted by Crippen LogP contribution is 2.15. The van der Waals surface area contributed by atoms with Gasteiger partial charge >= 0.3 is 0 Å². The highest BCUT2D eigenvalue weighted by Gasteiger charge is 2.23. The molecule has 1 aliphatic heterocycles. The van der Waals surface area contributed by atoms with E-state index in [-0.39, 0.29) is 12.0 Å². The Hall–Kier alpha value is -1.62. The van der Waals surface area contributed by atoms with Gasteiger partial charge in [-0.25, -0.2) is 4.98 Å². The van der Waals surface area contributed by atoms with Crippen LogP contribution < -0.4 is 10.1 Å². The van der Waals surface area contributed by atoms with Gasteiger partial charge in [-0.1, -0.05) is 6.07 Å². The normalized spacial score (nSPS) is 19.0. The van der Waals surface area contributed by atoms with E-state index in [1.807, 2.05) is 12.1 Å². The van der Waals surface area contributed by atoms with E-state index >= 15 is 0 Å². The summed E-state index contributed by atoms with van der Waals surface area (Å²) in [5.74, 6) is 0.480. The molecule has 0 radical (unpaired) electrons. The lowest BCUT2D eigenvalue weighted by Gasteiger charge is -2.11. The zero-order chi connectivity index (χ0) is 12.1. The molecule has 2 heterocycles. The molecule has 17 heavy (non-hydrogen) atoms. The van der Waals surface area contributed by atoms with Crippen LogP contribution in [0.5, 0.6) is 5.88 Å². The van der Waals surface area contributed by atoms with Crippen molar-refractivity contribution in [1.29, 1.82) is 0 Å². The largest absolute Gasteiger partial charge is 0.481 e. The van der Waals surface area contributed by atoms with Crippen LogP contribution in [0.25, 0.3) is 0 Å². The number of aromatic nitrogens is 1. The highest BCUT2D eigenvalue weighted by atomic mass is 16.5. The lowest BCUT2D eigenvalue weighted by molar-refractivity contribution is -0.130. The molecule has 1 saturated heterocycles. The smallest absolute Gasteiger partial charge is 0.249 e. The van der Waals surface area contributed by atoms with Gasteiger partial charge in [-0.05, 0) is 18.9 Å². The molecule has 1 aliphatic rings. The third-order valence-corrected chi connectivity index (χ3v) is 2.72. The van der Waals surface area contributed by atoms with Crippen LogP contribution in [0, 0.1) is 0 Å². The van der Waals surface area contributed by atoms with E-state index in [4.69, 9.17) is 9.47 Å². The molecule has 0 bridgehead atoms. The first-order valence-corrected chi connectivity index (χ1v) is 5.68. The molecule has 0 aliphatic carbocycles. The van der Waals surface area contributed by atoms with E-state index in [2.05, 4.69) is 10.3 Å². The lowest BCUT2D eigenvalue weighted by atomic mass is 10.2. The molecule has 0 aromatic carbocycles. The van der Waals surface area contributed by atoms with Crippen molar-refractivity contribution >= 4 is 5.91 Å². The maximum absolute atomic E-state index is 11.7. The number of amides is 1. The Morgan fingerprint density at radius 3 is 3.29 bits per heavy atom. The highest BCUT2D eigenvalue weighted by molar-refractivity contribution is 5.80. The minimum absolute atomic E-state index is 0.0617. The second-order valence-electron chi connectivity index (χ2n) is 3.89. The molecule has 92 valence electrons. The molecule has 1 aromatic heterocycles. The summed E-state index contributed by atoms with van der Waals surface area (Å²) in [5.41, 5.74) is 0.862. The molecule has 1 N–H and O–H groups in total. The number of ether oxygens (including phenoxy) is 2. The number of hydrogen-bond acceptors (Lipinski definition) is 4. The van der Waals surface area contributed by atoms with Gasteiger partial charge in [-0.2, -0.15) is 0 Å².